The molecule has 1 fully saturated rings. The number of ether oxygens (including phenoxy) is 2. The summed E-state index contributed by atoms with van der Waals surface area (Å²) in [6, 6.07) is 4.14. The summed E-state index contributed by atoms with van der Waals surface area (Å²) >= 11 is 5.54. The lowest BCUT2D eigenvalue weighted by Crippen LogP contribution is -2.46. The van der Waals surface area contributed by atoms with Crippen molar-refractivity contribution in [1.82, 2.24) is 10.2 Å². The average Bonchev–Trinajstić information content (AvgIpc) is 2.63. The van der Waals surface area contributed by atoms with Crippen LogP contribution in [0.15, 0.2) is 12.1 Å². The summed E-state index contributed by atoms with van der Waals surface area (Å²) in [5.74, 6) is 1.52. The minimum Gasteiger partial charge on any atom is -0.493 e. The highest BCUT2D eigenvalue weighted by Crippen LogP contribution is 2.40. The first kappa shape index (κ1) is 17.5. The molecule has 2 aliphatic rings. The molecule has 1 unspecified atom stereocenters. The van der Waals surface area contributed by atoms with Gasteiger partial charge in [-0.25, -0.2) is 0 Å². The number of hydrogen-bond donors (Lipinski definition) is 1. The molecule has 5 heteroatoms. The Labute approximate surface area is 150 Å². The van der Waals surface area contributed by atoms with Crippen LogP contribution in [0.25, 0.3) is 0 Å². The normalized spacial score (nSPS) is 24.2. The molecule has 2 heterocycles. The molecule has 4 nitrogen and oxygen atoms in total. The van der Waals surface area contributed by atoms with Gasteiger partial charge in [-0.1, -0.05) is 25.6 Å². The smallest absolute Gasteiger partial charge is 0.161 e. The van der Waals surface area contributed by atoms with E-state index in [-0.39, 0.29) is 5.41 Å². The van der Waals surface area contributed by atoms with Gasteiger partial charge in [-0.3, -0.25) is 0 Å². The van der Waals surface area contributed by atoms with Crippen molar-refractivity contribution in [3.63, 3.8) is 0 Å². The van der Waals surface area contributed by atoms with Crippen LogP contribution in [0.4, 0.5) is 0 Å². The highest BCUT2D eigenvalue weighted by molar-refractivity contribution is 7.80. The van der Waals surface area contributed by atoms with Gasteiger partial charge in [0, 0.05) is 17.5 Å². The number of rotatable bonds is 5. The van der Waals surface area contributed by atoms with Gasteiger partial charge in [-0.2, -0.15) is 0 Å². The second-order valence-corrected chi connectivity index (χ2v) is 7.56. The van der Waals surface area contributed by atoms with Crippen molar-refractivity contribution >= 4 is 17.2 Å². The zero-order chi connectivity index (χ0) is 17.2. The molecule has 0 saturated carbocycles. The van der Waals surface area contributed by atoms with Gasteiger partial charge in [-0.15, -0.1) is 0 Å². The molecule has 0 amide bonds. The van der Waals surface area contributed by atoms with Gasteiger partial charge >= 0.3 is 0 Å². The van der Waals surface area contributed by atoms with Crippen molar-refractivity contribution in [3.8, 4) is 11.5 Å². The van der Waals surface area contributed by atoms with E-state index < -0.39 is 0 Å². The molecule has 0 bridgehead atoms. The Morgan fingerprint density at radius 1 is 1.12 bits per heavy atom. The molecule has 1 aromatic rings. The topological polar surface area (TPSA) is 33.7 Å². The molecule has 0 radical (unpaired) electrons. The van der Waals surface area contributed by atoms with Gasteiger partial charge in [0.1, 0.15) is 4.99 Å². The van der Waals surface area contributed by atoms with Crippen LogP contribution in [0, 0.1) is 0 Å². The predicted molar refractivity (Wildman–Crippen MR) is 102 cm³/mol. The van der Waals surface area contributed by atoms with Gasteiger partial charge in [0.25, 0.3) is 0 Å². The second-order valence-electron chi connectivity index (χ2n) is 7.15. The van der Waals surface area contributed by atoms with Crippen molar-refractivity contribution in [2.45, 2.75) is 38.0 Å². The summed E-state index contributed by atoms with van der Waals surface area (Å²) in [5, 5.41) is 3.42. The minimum atomic E-state index is 0.0502. The van der Waals surface area contributed by atoms with Gasteiger partial charge in [0.05, 0.1) is 14.2 Å². The number of methoxy groups -OCH3 is 2. The van der Waals surface area contributed by atoms with Crippen molar-refractivity contribution in [2.75, 3.05) is 40.4 Å². The van der Waals surface area contributed by atoms with Crippen LogP contribution in [0.3, 0.4) is 0 Å². The summed E-state index contributed by atoms with van der Waals surface area (Å²) in [6.45, 7) is 6.82. The number of piperidine rings is 1. The molecule has 24 heavy (non-hydrogen) atoms. The number of nitrogens with one attached hydrogen (secondary N) is 1. The Morgan fingerprint density at radius 2 is 1.79 bits per heavy atom. The Kier molecular flexibility index (Phi) is 5.30. The third kappa shape index (κ3) is 3.38. The zero-order valence-electron chi connectivity index (χ0n) is 15.0. The van der Waals surface area contributed by atoms with Crippen LogP contribution >= 0.6 is 12.2 Å². The van der Waals surface area contributed by atoms with Crippen LogP contribution in [-0.2, 0) is 5.41 Å². The largest absolute Gasteiger partial charge is 0.493 e. The summed E-state index contributed by atoms with van der Waals surface area (Å²) < 4.78 is 11.0. The van der Waals surface area contributed by atoms with E-state index in [0.29, 0.717) is 0 Å². The van der Waals surface area contributed by atoms with Crippen LogP contribution in [0.5, 0.6) is 11.5 Å². The van der Waals surface area contributed by atoms with Crippen LogP contribution in [-0.4, -0.2) is 50.3 Å². The van der Waals surface area contributed by atoms with Crippen molar-refractivity contribution in [2.24, 2.45) is 0 Å². The summed E-state index contributed by atoms with van der Waals surface area (Å²) in [5.41, 5.74) is 2.41. The highest BCUT2D eigenvalue weighted by Gasteiger charge is 2.35. The first-order valence-corrected chi connectivity index (χ1v) is 9.25. The predicted octanol–water partition coefficient (Wildman–Crippen LogP) is 3.12. The molecule has 1 saturated heterocycles. The first-order valence-electron chi connectivity index (χ1n) is 8.84. The number of thiocarbonyl (C=S) groups is 1. The monoisotopic (exact) mass is 348 g/mol. The fraction of sp³-hybridized carbons (Fsp3) is 0.632. The van der Waals surface area contributed by atoms with Gasteiger partial charge < -0.3 is 19.7 Å². The minimum absolute atomic E-state index is 0.0502. The fourth-order valence-electron chi connectivity index (χ4n) is 3.84. The second kappa shape index (κ2) is 7.28. The Morgan fingerprint density at radius 3 is 2.46 bits per heavy atom. The molecule has 132 valence electrons. The van der Waals surface area contributed by atoms with Crippen LogP contribution in [0.2, 0.25) is 0 Å². The molecule has 1 N–H and O–H groups in total. The third-order valence-corrected chi connectivity index (χ3v) is 5.85. The van der Waals surface area contributed by atoms with E-state index in [4.69, 9.17) is 21.7 Å². The quantitative estimate of drug-likeness (QED) is 0.827. The van der Waals surface area contributed by atoms with Crippen LogP contribution in [0.1, 0.15) is 43.7 Å². The van der Waals surface area contributed by atoms with E-state index in [9.17, 15) is 0 Å². The van der Waals surface area contributed by atoms with E-state index in [1.165, 1.54) is 37.9 Å². The van der Waals surface area contributed by atoms with E-state index >= 15 is 0 Å². The molecule has 1 aromatic carbocycles. The summed E-state index contributed by atoms with van der Waals surface area (Å²) in [7, 11) is 3.35. The lowest BCUT2D eigenvalue weighted by Gasteiger charge is -2.39. The molecule has 0 aliphatic carbocycles. The average molecular weight is 349 g/mol. The van der Waals surface area contributed by atoms with Crippen molar-refractivity contribution in [1.29, 1.82) is 0 Å². The van der Waals surface area contributed by atoms with Gasteiger partial charge in [0.2, 0.25) is 0 Å². The number of nitrogens with zero attached hydrogens (tertiary/aromatic N) is 1. The number of benzene rings is 1. The van der Waals surface area contributed by atoms with Crippen molar-refractivity contribution < 1.29 is 9.47 Å². The SMILES string of the molecule is COc1cc2c(cc1OC)C(C)(CCN1CCCCC1)CNC2=S. The van der Waals surface area contributed by atoms with E-state index in [1.807, 2.05) is 6.07 Å². The highest BCUT2D eigenvalue weighted by atomic mass is 32.1. The van der Waals surface area contributed by atoms with E-state index in [0.717, 1.165) is 41.6 Å². The maximum Gasteiger partial charge on any atom is 0.161 e. The number of hydrogen-bond acceptors (Lipinski definition) is 4. The molecule has 0 spiro atoms. The van der Waals surface area contributed by atoms with Crippen molar-refractivity contribution in [3.05, 3.63) is 23.3 Å². The first-order chi connectivity index (χ1) is 11.6. The zero-order valence-corrected chi connectivity index (χ0v) is 15.8. The van der Waals surface area contributed by atoms with Gasteiger partial charge in [-0.05, 0) is 56.6 Å². The molecule has 0 aromatic heterocycles. The summed E-state index contributed by atoms with van der Waals surface area (Å²) in [6.07, 6.45) is 5.16. The molecular formula is C19H28N2O2S. The van der Waals surface area contributed by atoms with E-state index in [1.54, 1.807) is 14.2 Å². The van der Waals surface area contributed by atoms with Crippen LogP contribution < -0.4 is 14.8 Å². The third-order valence-electron chi connectivity index (χ3n) is 5.49. The fourth-order valence-corrected chi connectivity index (χ4v) is 4.08. The molecular weight excluding hydrogens is 320 g/mol. The molecule has 3 rings (SSSR count). The van der Waals surface area contributed by atoms with Gasteiger partial charge in [0.15, 0.2) is 11.5 Å². The maximum atomic E-state index is 5.54. The lowest BCUT2D eigenvalue weighted by molar-refractivity contribution is 0.206. The Balaban J connectivity index is 1.87. The molecule has 1 atom stereocenters. The maximum absolute atomic E-state index is 5.54. The Hall–Kier alpha value is -1.33. The number of likely N-dealkylation sites (tertiary alicyclic amines) is 1. The lowest BCUT2D eigenvalue weighted by atomic mass is 9.74. The standard InChI is InChI=1S/C19H28N2O2S/c1-19(7-10-21-8-5-4-6-9-21)13-20-18(24)14-11-16(22-2)17(23-3)12-15(14)19/h11-12H,4-10,13H2,1-3H3,(H,20,24). The molecule has 2 aliphatic heterocycles. The number of fused-ring (bicyclic) bond motifs is 1. The Bertz CT molecular complexity index is 614. The van der Waals surface area contributed by atoms with E-state index in [2.05, 4.69) is 23.2 Å². The summed E-state index contributed by atoms with van der Waals surface area (Å²) in [4.78, 5) is 3.41.